The topological polar surface area (TPSA) is 108 Å². The molecule has 4 bridgehead atoms. The lowest BCUT2D eigenvalue weighted by atomic mass is 9.49. The Morgan fingerprint density at radius 3 is 2.17 bits per heavy atom. The molecule has 8 nitrogen and oxygen atoms in total. The van der Waals surface area contributed by atoms with E-state index in [4.69, 9.17) is 9.47 Å². The van der Waals surface area contributed by atoms with Gasteiger partial charge in [0.25, 0.3) is 11.6 Å². The van der Waals surface area contributed by atoms with E-state index in [0.29, 0.717) is 12.3 Å². The third-order valence-corrected chi connectivity index (χ3v) is 6.59. The number of ether oxygens (including phenoxy) is 2. The Hall–Kier alpha value is -2.64. The molecule has 0 atom stereocenters. The van der Waals surface area contributed by atoms with Crippen LogP contribution in [0.2, 0.25) is 0 Å². The van der Waals surface area contributed by atoms with E-state index in [2.05, 4.69) is 5.32 Å². The Morgan fingerprint density at radius 2 is 1.62 bits per heavy atom. The highest BCUT2D eigenvalue weighted by Gasteiger charge is 2.50. The van der Waals surface area contributed by atoms with E-state index in [-0.39, 0.29) is 30.2 Å². The number of nitro groups is 1. The number of hydrogen-bond acceptors (Lipinski definition) is 6. The summed E-state index contributed by atoms with van der Waals surface area (Å²) in [6, 6.07) is 5.39. The first kappa shape index (κ1) is 19.7. The minimum Gasteiger partial charge on any atom is -0.482 e. The minimum absolute atomic E-state index is 0.0596. The maximum absolute atomic E-state index is 12.1. The molecule has 1 aromatic rings. The van der Waals surface area contributed by atoms with Gasteiger partial charge in [-0.3, -0.25) is 14.9 Å². The van der Waals surface area contributed by atoms with Crippen LogP contribution < -0.4 is 10.1 Å². The lowest BCUT2D eigenvalue weighted by Crippen LogP contribution is -2.51. The second-order valence-electron chi connectivity index (χ2n) is 8.89. The zero-order valence-corrected chi connectivity index (χ0v) is 16.3. The third kappa shape index (κ3) is 4.68. The summed E-state index contributed by atoms with van der Waals surface area (Å²) < 4.78 is 10.2. The van der Waals surface area contributed by atoms with Crippen LogP contribution in [0.25, 0.3) is 0 Å². The maximum Gasteiger partial charge on any atom is 0.344 e. The van der Waals surface area contributed by atoms with Gasteiger partial charge in [-0.1, -0.05) is 0 Å². The standard InChI is InChI=1S/C21H26N2O6/c24-19(22-13-21-8-14-5-15(9-21)7-16(6-14)10-21)11-29-20(25)12-28-18-3-1-17(2-4-18)23(26)27/h1-4,14-16H,5-13H2,(H,22,24). The van der Waals surface area contributed by atoms with Crippen LogP contribution in [0.4, 0.5) is 5.69 Å². The third-order valence-electron chi connectivity index (χ3n) is 6.59. The molecule has 5 rings (SSSR count). The summed E-state index contributed by atoms with van der Waals surface area (Å²) in [5.41, 5.74) is 0.184. The molecule has 1 aromatic carbocycles. The number of nitro benzene ring substituents is 1. The predicted octanol–water partition coefficient (Wildman–Crippen LogP) is 2.85. The lowest BCUT2D eigenvalue weighted by Gasteiger charge is -2.56. The van der Waals surface area contributed by atoms with Crippen molar-refractivity contribution in [3.63, 3.8) is 0 Å². The van der Waals surface area contributed by atoms with Crippen molar-refractivity contribution in [2.24, 2.45) is 23.2 Å². The molecule has 0 aliphatic heterocycles. The van der Waals surface area contributed by atoms with Crippen molar-refractivity contribution >= 4 is 17.6 Å². The molecule has 4 saturated carbocycles. The molecule has 0 spiro atoms. The summed E-state index contributed by atoms with van der Waals surface area (Å²) >= 11 is 0. The number of carbonyl (C=O) groups is 2. The number of carbonyl (C=O) groups excluding carboxylic acids is 2. The van der Waals surface area contributed by atoms with E-state index >= 15 is 0 Å². The summed E-state index contributed by atoms with van der Waals surface area (Å²) in [5, 5.41) is 13.6. The molecule has 4 aliphatic rings. The predicted molar refractivity (Wildman–Crippen MR) is 103 cm³/mol. The molecule has 1 amide bonds. The van der Waals surface area contributed by atoms with Crippen molar-refractivity contribution in [2.45, 2.75) is 38.5 Å². The second kappa shape index (κ2) is 8.00. The zero-order chi connectivity index (χ0) is 20.4. The van der Waals surface area contributed by atoms with Gasteiger partial charge in [0, 0.05) is 18.7 Å². The summed E-state index contributed by atoms with van der Waals surface area (Å²) in [5.74, 6) is 1.85. The Balaban J connectivity index is 1.16. The van der Waals surface area contributed by atoms with Crippen LogP contribution in [0.1, 0.15) is 38.5 Å². The van der Waals surface area contributed by atoms with Crippen LogP contribution in [0, 0.1) is 33.3 Å². The number of non-ortho nitro benzene ring substituents is 1. The first-order valence-corrected chi connectivity index (χ1v) is 10.2. The van der Waals surface area contributed by atoms with Gasteiger partial charge < -0.3 is 14.8 Å². The second-order valence-corrected chi connectivity index (χ2v) is 8.89. The Bertz CT molecular complexity index is 756. The van der Waals surface area contributed by atoms with Crippen LogP contribution in [0.5, 0.6) is 5.75 Å². The first-order chi connectivity index (χ1) is 13.9. The Kier molecular flexibility index (Phi) is 5.43. The molecule has 8 heteroatoms. The van der Waals surface area contributed by atoms with Gasteiger partial charge in [0.15, 0.2) is 13.2 Å². The average Bonchev–Trinajstić information content (AvgIpc) is 2.68. The highest BCUT2D eigenvalue weighted by molar-refractivity contribution is 5.80. The number of amides is 1. The van der Waals surface area contributed by atoms with Gasteiger partial charge in [-0.05, 0) is 73.8 Å². The molecule has 4 aliphatic carbocycles. The fraction of sp³-hybridized carbons (Fsp3) is 0.619. The number of rotatable bonds is 8. The van der Waals surface area contributed by atoms with Gasteiger partial charge in [-0.2, -0.15) is 0 Å². The number of benzene rings is 1. The molecule has 4 fully saturated rings. The van der Waals surface area contributed by atoms with Gasteiger partial charge in [0.1, 0.15) is 5.75 Å². The van der Waals surface area contributed by atoms with E-state index in [1.54, 1.807) is 0 Å². The Labute approximate surface area is 169 Å². The molecule has 1 N–H and O–H groups in total. The van der Waals surface area contributed by atoms with Crippen LogP contribution in [0.3, 0.4) is 0 Å². The number of hydrogen-bond donors (Lipinski definition) is 1. The van der Waals surface area contributed by atoms with E-state index < -0.39 is 10.9 Å². The zero-order valence-electron chi connectivity index (χ0n) is 16.3. The van der Waals surface area contributed by atoms with Crippen molar-refractivity contribution in [1.29, 1.82) is 0 Å². The molecule has 0 heterocycles. The van der Waals surface area contributed by atoms with Crippen LogP contribution in [0.15, 0.2) is 24.3 Å². The quantitative estimate of drug-likeness (QED) is 0.407. The lowest BCUT2D eigenvalue weighted by molar-refractivity contribution is -0.384. The molecular weight excluding hydrogens is 376 g/mol. The van der Waals surface area contributed by atoms with Crippen LogP contribution >= 0.6 is 0 Å². The monoisotopic (exact) mass is 402 g/mol. The molecule has 0 aromatic heterocycles. The van der Waals surface area contributed by atoms with Crippen molar-refractivity contribution in [3.05, 3.63) is 34.4 Å². The normalized spacial score (nSPS) is 29.3. The fourth-order valence-corrected chi connectivity index (χ4v) is 5.84. The van der Waals surface area contributed by atoms with Crippen LogP contribution in [-0.2, 0) is 14.3 Å². The number of nitrogens with one attached hydrogen (secondary N) is 1. The first-order valence-electron chi connectivity index (χ1n) is 10.2. The van der Waals surface area contributed by atoms with Crippen molar-refractivity contribution in [1.82, 2.24) is 5.32 Å². The smallest absolute Gasteiger partial charge is 0.344 e. The van der Waals surface area contributed by atoms with Crippen molar-refractivity contribution < 1.29 is 24.0 Å². The van der Waals surface area contributed by atoms with Crippen molar-refractivity contribution in [3.8, 4) is 5.75 Å². The summed E-state index contributed by atoms with van der Waals surface area (Å²) in [6.45, 7) is -0.0128. The van der Waals surface area contributed by atoms with Gasteiger partial charge in [0.05, 0.1) is 4.92 Å². The molecule has 156 valence electrons. The largest absolute Gasteiger partial charge is 0.482 e. The van der Waals surface area contributed by atoms with E-state index in [1.165, 1.54) is 62.8 Å². The SMILES string of the molecule is O=C(COC(=O)COc1ccc([N+](=O)[O-])cc1)NCC12CC3CC(CC(C3)C1)C2. The number of esters is 1. The average molecular weight is 402 g/mol. The molecule has 0 radical (unpaired) electrons. The van der Waals surface area contributed by atoms with Gasteiger partial charge in [-0.25, -0.2) is 4.79 Å². The molecular formula is C21H26N2O6. The Morgan fingerprint density at radius 1 is 1.03 bits per heavy atom. The summed E-state index contributed by atoms with van der Waals surface area (Å²) in [6.07, 6.45) is 7.71. The van der Waals surface area contributed by atoms with Gasteiger partial charge in [-0.15, -0.1) is 0 Å². The fourth-order valence-electron chi connectivity index (χ4n) is 5.84. The van der Waals surface area contributed by atoms with Crippen molar-refractivity contribution in [2.75, 3.05) is 19.8 Å². The highest BCUT2D eigenvalue weighted by Crippen LogP contribution is 2.59. The molecule has 0 saturated heterocycles. The van der Waals surface area contributed by atoms with E-state index in [1.807, 2.05) is 0 Å². The summed E-state index contributed by atoms with van der Waals surface area (Å²) in [7, 11) is 0. The van der Waals surface area contributed by atoms with Crippen LogP contribution in [-0.4, -0.2) is 36.6 Å². The molecule has 29 heavy (non-hydrogen) atoms. The highest BCUT2D eigenvalue weighted by atomic mass is 16.6. The maximum atomic E-state index is 12.1. The van der Waals surface area contributed by atoms with Gasteiger partial charge in [0.2, 0.25) is 0 Å². The van der Waals surface area contributed by atoms with E-state index in [9.17, 15) is 19.7 Å². The minimum atomic E-state index is -0.659. The number of nitrogens with zero attached hydrogens (tertiary/aromatic N) is 1. The summed E-state index contributed by atoms with van der Waals surface area (Å²) in [4.78, 5) is 34.0. The van der Waals surface area contributed by atoms with Gasteiger partial charge >= 0.3 is 5.97 Å². The molecule has 0 unspecified atom stereocenters. The van der Waals surface area contributed by atoms with E-state index in [0.717, 1.165) is 17.8 Å².